The second-order valence-electron chi connectivity index (χ2n) is 11.8. The van der Waals surface area contributed by atoms with Crippen LogP contribution in [0.3, 0.4) is 0 Å². The molecule has 10 rings (SSSR count). The third-order valence-corrected chi connectivity index (χ3v) is 8.80. The van der Waals surface area contributed by atoms with E-state index in [2.05, 4.69) is 0 Å². The van der Waals surface area contributed by atoms with E-state index in [9.17, 15) is 2.74 Å². The van der Waals surface area contributed by atoms with E-state index in [1.165, 1.54) is 24.3 Å². The van der Waals surface area contributed by atoms with Gasteiger partial charge in [-0.1, -0.05) is 121 Å². The molecule has 0 bridgehead atoms. The van der Waals surface area contributed by atoms with E-state index in [1.54, 1.807) is 16.7 Å². The highest BCUT2D eigenvalue weighted by atomic mass is 16.3. The van der Waals surface area contributed by atoms with Crippen LogP contribution >= 0.6 is 0 Å². The Labute approximate surface area is 299 Å². The van der Waals surface area contributed by atoms with Gasteiger partial charge in [0, 0.05) is 43.9 Å². The zero-order valence-corrected chi connectivity index (χ0v) is 26.2. The first-order valence-electron chi connectivity index (χ1n) is 20.0. The minimum atomic E-state index is -0.204. The summed E-state index contributed by atoms with van der Waals surface area (Å²) in [5.74, 6) is 1.55. The lowest BCUT2D eigenvalue weighted by Gasteiger charge is -2.09. The molecule has 0 saturated carbocycles. The highest BCUT2D eigenvalue weighted by molar-refractivity contribution is 6.11. The van der Waals surface area contributed by atoms with Crippen molar-refractivity contribution in [2.75, 3.05) is 0 Å². The zero-order valence-electron chi connectivity index (χ0n) is 34.2. The molecular formula is C45H28N4O. The van der Waals surface area contributed by atoms with Crippen LogP contribution in [-0.2, 0) is 0 Å². The topological polar surface area (TPSA) is 56.7 Å². The van der Waals surface area contributed by atoms with Crippen LogP contribution in [0.25, 0.3) is 94.7 Å². The zero-order chi connectivity index (χ0) is 40.0. The van der Waals surface area contributed by atoms with Gasteiger partial charge >= 0.3 is 0 Å². The van der Waals surface area contributed by atoms with Crippen molar-refractivity contribution in [2.45, 2.75) is 0 Å². The minimum Gasteiger partial charge on any atom is -0.456 e. The summed E-state index contributed by atoms with van der Waals surface area (Å²) in [5, 5.41) is 1.87. The van der Waals surface area contributed by atoms with Crippen LogP contribution in [0.15, 0.2) is 174 Å². The predicted octanol–water partition coefficient (Wildman–Crippen LogP) is 11.5. The summed E-state index contributed by atoms with van der Waals surface area (Å²) >= 11 is 0. The Bertz CT molecular complexity index is 3250. The van der Waals surface area contributed by atoms with Crippen LogP contribution in [0, 0.1) is 0 Å². The molecule has 0 aliphatic heterocycles. The molecule has 0 radical (unpaired) electrons. The van der Waals surface area contributed by atoms with Gasteiger partial charge in [-0.2, -0.15) is 0 Å². The summed E-state index contributed by atoms with van der Waals surface area (Å²) in [5.41, 5.74) is 4.86. The predicted molar refractivity (Wildman–Crippen MR) is 203 cm³/mol. The number of furan rings is 1. The molecule has 3 heterocycles. The van der Waals surface area contributed by atoms with Crippen molar-refractivity contribution in [3.05, 3.63) is 170 Å². The monoisotopic (exact) mass is 648 g/mol. The van der Waals surface area contributed by atoms with Crippen LogP contribution in [-0.4, -0.2) is 19.5 Å². The molecule has 0 unspecified atom stereocenters. The third kappa shape index (κ3) is 4.67. The molecule has 3 aromatic heterocycles. The molecule has 10 aromatic rings. The van der Waals surface area contributed by atoms with Gasteiger partial charge < -0.3 is 8.98 Å². The summed E-state index contributed by atoms with van der Waals surface area (Å²) in [6.07, 6.45) is 0. The highest BCUT2D eigenvalue weighted by Gasteiger charge is 2.17. The molecule has 0 spiro atoms. The largest absolute Gasteiger partial charge is 0.456 e. The number of rotatable bonds is 5. The van der Waals surface area contributed by atoms with Crippen molar-refractivity contribution in [1.82, 2.24) is 19.5 Å². The number of nitrogens with zero attached hydrogens (tertiary/aromatic N) is 4. The van der Waals surface area contributed by atoms with E-state index < -0.39 is 0 Å². The number of para-hydroxylation sites is 1. The molecule has 0 aliphatic carbocycles. The van der Waals surface area contributed by atoms with E-state index in [1.807, 2.05) is 84.9 Å². The summed E-state index contributed by atoms with van der Waals surface area (Å²) in [6, 6.07) is 35.0. The fourth-order valence-electron chi connectivity index (χ4n) is 6.45. The van der Waals surface area contributed by atoms with E-state index in [4.69, 9.17) is 27.6 Å². The van der Waals surface area contributed by atoms with Crippen LogP contribution in [0.1, 0.15) is 11.0 Å². The Morgan fingerprint density at radius 3 is 1.86 bits per heavy atom. The molecule has 0 N–H and O–H groups in total. The molecule has 0 aliphatic rings. The van der Waals surface area contributed by atoms with E-state index in [0.717, 1.165) is 27.5 Å². The lowest BCUT2D eigenvalue weighted by molar-refractivity contribution is 0.669. The van der Waals surface area contributed by atoms with Crippen molar-refractivity contribution >= 4 is 43.7 Å². The Morgan fingerprint density at radius 2 is 1.12 bits per heavy atom. The number of fused-ring (bicyclic) bond motifs is 6. The molecule has 0 fully saturated rings. The van der Waals surface area contributed by atoms with Gasteiger partial charge in [-0.05, 0) is 59.6 Å². The Morgan fingerprint density at radius 1 is 0.440 bits per heavy atom. The second kappa shape index (κ2) is 11.4. The molecule has 234 valence electrons. The lowest BCUT2D eigenvalue weighted by Crippen LogP contribution is -2.00. The number of hydrogen-bond donors (Lipinski definition) is 0. The van der Waals surface area contributed by atoms with E-state index in [-0.39, 0.29) is 81.3 Å². The summed E-state index contributed by atoms with van der Waals surface area (Å²) in [7, 11) is 0. The average Bonchev–Trinajstić information content (AvgIpc) is 3.79. The van der Waals surface area contributed by atoms with Crippen molar-refractivity contribution < 1.29 is 15.4 Å². The number of hydrogen-bond acceptors (Lipinski definition) is 4. The fourth-order valence-corrected chi connectivity index (χ4v) is 6.45. The SMILES string of the molecule is [2H]c1cc([2H])c(-c2cc([2H])c3c(c2[2H])c2c([2H])c([2H])cc([2H])c2n3-c2ccc3oc4cc(-c5nc(-c6ccccc6)nc(-c6ccccc6)n5)ccc4c3c2)c([2H])c1. The smallest absolute Gasteiger partial charge is 0.164 e. The van der Waals surface area contributed by atoms with Crippen LogP contribution < -0.4 is 0 Å². The van der Waals surface area contributed by atoms with Crippen LogP contribution in [0.4, 0.5) is 0 Å². The first-order chi connectivity index (χ1) is 28.0. The fraction of sp³-hybridized carbons (Fsp3) is 0. The minimum absolute atomic E-state index is 0.0151. The summed E-state index contributed by atoms with van der Waals surface area (Å²) in [4.78, 5) is 14.5. The van der Waals surface area contributed by atoms with Gasteiger partial charge in [0.2, 0.25) is 0 Å². The Kier molecular flexibility index (Phi) is 4.83. The molecule has 0 saturated heterocycles. The molecule has 0 amide bonds. The molecule has 5 heteroatoms. The molecular weight excluding hydrogens is 613 g/mol. The van der Waals surface area contributed by atoms with Gasteiger partial charge in [-0.15, -0.1) is 0 Å². The number of benzene rings is 7. The highest BCUT2D eigenvalue weighted by Crippen LogP contribution is 2.38. The third-order valence-electron chi connectivity index (χ3n) is 8.80. The molecule has 50 heavy (non-hydrogen) atoms. The maximum absolute atomic E-state index is 9.40. The molecule has 7 aromatic carbocycles. The lowest BCUT2D eigenvalue weighted by atomic mass is 10.0. The van der Waals surface area contributed by atoms with Gasteiger partial charge in [0.15, 0.2) is 17.5 Å². The number of aromatic nitrogens is 4. The maximum Gasteiger partial charge on any atom is 0.164 e. The van der Waals surface area contributed by atoms with Crippen molar-refractivity contribution in [2.24, 2.45) is 0 Å². The van der Waals surface area contributed by atoms with Gasteiger partial charge in [0.1, 0.15) is 11.2 Å². The van der Waals surface area contributed by atoms with Crippen LogP contribution in [0.5, 0.6) is 0 Å². The Hall–Kier alpha value is -6.85. The maximum atomic E-state index is 9.40. The van der Waals surface area contributed by atoms with Gasteiger partial charge in [-0.25, -0.2) is 15.0 Å². The first-order valence-corrected chi connectivity index (χ1v) is 16.0. The van der Waals surface area contributed by atoms with E-state index in [0.29, 0.717) is 34.3 Å². The summed E-state index contributed by atoms with van der Waals surface area (Å²) in [6.45, 7) is 0. The second-order valence-corrected chi connectivity index (χ2v) is 11.8. The van der Waals surface area contributed by atoms with Gasteiger partial charge in [0.25, 0.3) is 0 Å². The summed E-state index contributed by atoms with van der Waals surface area (Å²) < 4.78 is 78.3. The first kappa shape index (κ1) is 21.2. The van der Waals surface area contributed by atoms with Crippen molar-refractivity contribution in [1.29, 1.82) is 0 Å². The quantitative estimate of drug-likeness (QED) is 0.186. The van der Waals surface area contributed by atoms with E-state index >= 15 is 0 Å². The van der Waals surface area contributed by atoms with Gasteiger partial charge in [-0.3, -0.25) is 0 Å². The standard InChI is InChI=1S/C45H28N4O/c1-4-12-29(13-5-1)32-21-24-40-37(26-32)35-18-10-11-19-39(35)49(40)34-22-25-41-38(28-34)36-23-20-33(27-42(36)50-41)45-47-43(30-14-6-2-7-15-30)46-44(48-45)31-16-8-3-9-17-31/h1-28H/i1D,10D,12D,13D,18D,19D,24D,26D. The molecule has 0 atom stereocenters. The molecule has 5 nitrogen and oxygen atoms in total. The Balaban J connectivity index is 1.17. The van der Waals surface area contributed by atoms with Crippen molar-refractivity contribution in [3.63, 3.8) is 0 Å². The van der Waals surface area contributed by atoms with Crippen LogP contribution in [0.2, 0.25) is 0 Å². The average molecular weight is 649 g/mol. The van der Waals surface area contributed by atoms with Gasteiger partial charge in [0.05, 0.1) is 22.0 Å². The van der Waals surface area contributed by atoms with Crippen molar-refractivity contribution in [3.8, 4) is 51.0 Å². The normalized spacial score (nSPS) is 13.8.